The molecule has 0 unspecified atom stereocenters. The predicted molar refractivity (Wildman–Crippen MR) is 107 cm³/mol. The number of Topliss-reactive ketones (excluding diaryl/α,β-unsaturated/α-hetero) is 1. The van der Waals surface area contributed by atoms with Crippen molar-refractivity contribution in [1.82, 2.24) is 14.8 Å². The second kappa shape index (κ2) is 8.83. The van der Waals surface area contributed by atoms with Crippen molar-refractivity contribution < 1.29 is 19.1 Å². The van der Waals surface area contributed by atoms with Crippen LogP contribution in [-0.4, -0.2) is 46.8 Å². The van der Waals surface area contributed by atoms with Gasteiger partial charge in [0, 0.05) is 36.0 Å². The zero-order valence-corrected chi connectivity index (χ0v) is 16.7. The number of nitrogens with zero attached hydrogens (tertiary/aromatic N) is 2. The fraction of sp³-hybridized carbons (Fsp3) is 0.333. The highest BCUT2D eigenvalue weighted by Crippen LogP contribution is 2.17. The van der Waals surface area contributed by atoms with Crippen molar-refractivity contribution in [3.63, 3.8) is 0 Å². The van der Waals surface area contributed by atoms with Crippen molar-refractivity contribution in [2.75, 3.05) is 20.3 Å². The molecule has 8 nitrogen and oxygen atoms in total. The van der Waals surface area contributed by atoms with E-state index in [1.165, 1.54) is 0 Å². The molecule has 0 atom stereocenters. The minimum atomic E-state index is -0.587. The first-order chi connectivity index (χ1) is 13.9. The normalized spacial score (nSPS) is 11.0. The van der Waals surface area contributed by atoms with Gasteiger partial charge in [0.1, 0.15) is 0 Å². The van der Waals surface area contributed by atoms with Crippen molar-refractivity contribution in [2.45, 2.75) is 26.8 Å². The number of aromatic amines is 1. The lowest BCUT2D eigenvalue weighted by Gasteiger charge is -2.09. The molecule has 2 aromatic heterocycles. The number of nitrogens with one attached hydrogen (secondary N) is 1. The number of ketones is 1. The fourth-order valence-electron chi connectivity index (χ4n) is 3.33. The Morgan fingerprint density at radius 3 is 2.62 bits per heavy atom. The van der Waals surface area contributed by atoms with Crippen LogP contribution in [0.4, 0.5) is 0 Å². The van der Waals surface area contributed by atoms with Gasteiger partial charge in [0.2, 0.25) is 5.78 Å². The second-order valence-corrected chi connectivity index (χ2v) is 6.73. The first-order valence-electron chi connectivity index (χ1n) is 9.23. The van der Waals surface area contributed by atoms with E-state index in [-0.39, 0.29) is 24.4 Å². The number of H-pyrrole nitrogens is 1. The maximum Gasteiger partial charge on any atom is 0.312 e. The number of carbonyl (C=O) groups excluding carboxylic acids is 2. The van der Waals surface area contributed by atoms with Crippen LogP contribution < -0.4 is 5.56 Å². The Balaban J connectivity index is 1.67. The van der Waals surface area contributed by atoms with Crippen molar-refractivity contribution in [1.29, 1.82) is 0 Å². The second-order valence-electron chi connectivity index (χ2n) is 6.73. The topological polar surface area (TPSA) is 103 Å². The zero-order chi connectivity index (χ0) is 21.0. The van der Waals surface area contributed by atoms with E-state index in [2.05, 4.69) is 10.2 Å². The van der Waals surface area contributed by atoms with Gasteiger partial charge in [-0.3, -0.25) is 14.4 Å². The highest BCUT2D eigenvalue weighted by atomic mass is 16.5. The molecule has 8 heteroatoms. The van der Waals surface area contributed by atoms with Crippen LogP contribution in [-0.2, 0) is 27.2 Å². The van der Waals surface area contributed by atoms with E-state index in [1.807, 2.05) is 18.4 Å². The highest BCUT2D eigenvalue weighted by molar-refractivity contribution is 5.99. The lowest BCUT2D eigenvalue weighted by atomic mass is 10.1. The van der Waals surface area contributed by atoms with Crippen LogP contribution in [0.25, 0.3) is 10.8 Å². The average Bonchev–Trinajstić information content (AvgIpc) is 3.00. The maximum absolute atomic E-state index is 12.5. The lowest BCUT2D eigenvalue weighted by molar-refractivity contribution is -0.141. The predicted octanol–water partition coefficient (Wildman–Crippen LogP) is 1.96. The molecule has 1 N–H and O–H groups in total. The number of fused-ring (bicyclic) bond motifs is 1. The molecule has 0 aliphatic carbocycles. The van der Waals surface area contributed by atoms with Gasteiger partial charge >= 0.3 is 5.97 Å². The number of carbonyl (C=O) groups is 2. The van der Waals surface area contributed by atoms with Crippen LogP contribution in [0.15, 0.2) is 35.1 Å². The first kappa shape index (κ1) is 20.5. The lowest BCUT2D eigenvalue weighted by Crippen LogP contribution is -2.18. The Bertz CT molecular complexity index is 1110. The minimum Gasteiger partial charge on any atom is -0.457 e. The van der Waals surface area contributed by atoms with E-state index >= 15 is 0 Å². The molecule has 0 saturated carbocycles. The van der Waals surface area contributed by atoms with E-state index in [0.717, 1.165) is 11.4 Å². The summed E-state index contributed by atoms with van der Waals surface area (Å²) in [6, 6.07) is 8.68. The van der Waals surface area contributed by atoms with Crippen LogP contribution in [0, 0.1) is 13.8 Å². The number of aromatic nitrogens is 3. The van der Waals surface area contributed by atoms with Gasteiger partial charge in [0.25, 0.3) is 5.56 Å². The monoisotopic (exact) mass is 397 g/mol. The molecule has 3 aromatic rings. The van der Waals surface area contributed by atoms with Gasteiger partial charge in [-0.05, 0) is 26.0 Å². The number of esters is 1. The number of hydrogen-bond acceptors (Lipinski definition) is 6. The van der Waals surface area contributed by atoms with Gasteiger partial charge in [-0.2, -0.15) is 5.10 Å². The molecule has 2 heterocycles. The Kier molecular flexibility index (Phi) is 6.23. The minimum absolute atomic E-state index is 0.141. The number of hydrogen-bond donors (Lipinski definition) is 1. The molecule has 0 bridgehead atoms. The summed E-state index contributed by atoms with van der Waals surface area (Å²) in [5.41, 5.74) is 2.36. The number of rotatable bonds is 8. The number of aryl methyl sites for hydroxylation is 1. The van der Waals surface area contributed by atoms with Crippen LogP contribution >= 0.6 is 0 Å². The van der Waals surface area contributed by atoms with Gasteiger partial charge in [0.05, 0.1) is 24.1 Å². The van der Waals surface area contributed by atoms with E-state index in [9.17, 15) is 14.4 Å². The molecular formula is C21H23N3O5. The molecule has 0 spiro atoms. The van der Waals surface area contributed by atoms with Crippen LogP contribution in [0.5, 0.6) is 0 Å². The summed E-state index contributed by atoms with van der Waals surface area (Å²) < 4.78 is 12.3. The molecule has 152 valence electrons. The Hall–Kier alpha value is -3.26. The number of benzene rings is 1. The fourth-order valence-corrected chi connectivity index (χ4v) is 3.33. The highest BCUT2D eigenvalue weighted by Gasteiger charge is 2.18. The molecule has 29 heavy (non-hydrogen) atoms. The molecule has 0 fully saturated rings. The van der Waals surface area contributed by atoms with Gasteiger partial charge in [0.15, 0.2) is 6.61 Å². The van der Waals surface area contributed by atoms with E-state index < -0.39 is 5.97 Å². The van der Waals surface area contributed by atoms with Gasteiger partial charge in [-0.25, -0.2) is 5.10 Å². The van der Waals surface area contributed by atoms with Crippen LogP contribution in [0.1, 0.15) is 27.4 Å². The van der Waals surface area contributed by atoms with Crippen molar-refractivity contribution in [3.05, 3.63) is 63.3 Å². The Morgan fingerprint density at radius 2 is 1.90 bits per heavy atom. The van der Waals surface area contributed by atoms with Crippen molar-refractivity contribution >= 4 is 22.5 Å². The summed E-state index contributed by atoms with van der Waals surface area (Å²) >= 11 is 0. The van der Waals surface area contributed by atoms with Crippen molar-refractivity contribution in [2.24, 2.45) is 0 Å². The molecule has 0 aliphatic heterocycles. The quantitative estimate of drug-likeness (QED) is 0.460. The summed E-state index contributed by atoms with van der Waals surface area (Å²) in [5.74, 6) is -0.856. The smallest absolute Gasteiger partial charge is 0.312 e. The third kappa shape index (κ3) is 4.43. The summed E-state index contributed by atoms with van der Waals surface area (Å²) in [6.07, 6.45) is -0.141. The van der Waals surface area contributed by atoms with Gasteiger partial charge in [-0.15, -0.1) is 0 Å². The standard InChI is InChI=1S/C21H23N3O5/c1-13-10-17(14(2)24(13)8-9-28-3)19(25)12-29-20(26)11-18-15-6-4-5-7-16(15)21(27)23-22-18/h4-7,10H,8-9,11-12H2,1-3H3,(H,23,27). The summed E-state index contributed by atoms with van der Waals surface area (Å²) in [4.78, 5) is 36.6. The molecule has 1 aromatic carbocycles. The van der Waals surface area contributed by atoms with Gasteiger partial charge < -0.3 is 14.0 Å². The molecular weight excluding hydrogens is 374 g/mol. The third-order valence-electron chi connectivity index (χ3n) is 4.84. The zero-order valence-electron chi connectivity index (χ0n) is 16.7. The Morgan fingerprint density at radius 1 is 1.17 bits per heavy atom. The van der Waals surface area contributed by atoms with E-state index in [4.69, 9.17) is 9.47 Å². The van der Waals surface area contributed by atoms with Crippen molar-refractivity contribution in [3.8, 4) is 0 Å². The molecule has 0 amide bonds. The SMILES string of the molecule is COCCn1c(C)cc(C(=O)COC(=O)Cc2n[nH]c(=O)c3ccccc23)c1C. The summed E-state index contributed by atoms with van der Waals surface area (Å²) in [5, 5.41) is 7.36. The molecule has 3 rings (SSSR count). The first-order valence-corrected chi connectivity index (χ1v) is 9.23. The largest absolute Gasteiger partial charge is 0.457 e. The third-order valence-corrected chi connectivity index (χ3v) is 4.84. The van der Waals surface area contributed by atoms with Crippen LogP contribution in [0.2, 0.25) is 0 Å². The average molecular weight is 397 g/mol. The van der Waals surface area contributed by atoms with Crippen LogP contribution in [0.3, 0.4) is 0 Å². The molecule has 0 radical (unpaired) electrons. The molecule has 0 aliphatic rings. The van der Waals surface area contributed by atoms with E-state index in [0.29, 0.717) is 35.2 Å². The summed E-state index contributed by atoms with van der Waals surface area (Å²) in [6.45, 7) is 4.60. The van der Waals surface area contributed by atoms with Gasteiger partial charge in [-0.1, -0.05) is 18.2 Å². The number of methoxy groups -OCH3 is 1. The number of ether oxygens (including phenoxy) is 2. The summed E-state index contributed by atoms with van der Waals surface area (Å²) in [7, 11) is 1.63. The van der Waals surface area contributed by atoms with E-state index in [1.54, 1.807) is 37.4 Å². The molecule has 0 saturated heterocycles. The maximum atomic E-state index is 12.5. The Labute approximate surface area is 167 Å².